The van der Waals surface area contributed by atoms with E-state index in [4.69, 9.17) is 17.3 Å². The molecule has 0 aliphatic heterocycles. The van der Waals surface area contributed by atoms with Crippen LogP contribution in [-0.4, -0.2) is 24.8 Å². The Balaban J connectivity index is 1.77. The standard InChI is InChI=1S/C19H13ClN6O/c20-13-4-1-10(2-5-13)17-18(21)25-26-16(27)8-15(23-19(17)26)11-3-6-14-12(7-11)9-22-24-14/h1-9,23H,(H2,21,25)(H,22,24). The van der Waals surface area contributed by atoms with Gasteiger partial charge < -0.3 is 10.7 Å². The fourth-order valence-corrected chi connectivity index (χ4v) is 3.35. The van der Waals surface area contributed by atoms with Crippen molar-refractivity contribution < 1.29 is 0 Å². The highest BCUT2D eigenvalue weighted by atomic mass is 35.5. The second-order valence-corrected chi connectivity index (χ2v) is 6.66. The molecule has 27 heavy (non-hydrogen) atoms. The fourth-order valence-electron chi connectivity index (χ4n) is 3.23. The van der Waals surface area contributed by atoms with Crippen LogP contribution < -0.4 is 11.3 Å². The molecule has 2 aromatic carbocycles. The van der Waals surface area contributed by atoms with Gasteiger partial charge >= 0.3 is 0 Å². The Kier molecular flexibility index (Phi) is 3.32. The average Bonchev–Trinajstić information content (AvgIpc) is 3.26. The van der Waals surface area contributed by atoms with Crippen molar-refractivity contribution in [3.05, 3.63) is 70.1 Å². The van der Waals surface area contributed by atoms with E-state index in [1.54, 1.807) is 18.3 Å². The minimum atomic E-state index is -0.266. The summed E-state index contributed by atoms with van der Waals surface area (Å²) < 4.78 is 1.28. The summed E-state index contributed by atoms with van der Waals surface area (Å²) in [6.07, 6.45) is 1.74. The molecular weight excluding hydrogens is 364 g/mol. The van der Waals surface area contributed by atoms with Crippen LogP contribution in [0.1, 0.15) is 0 Å². The van der Waals surface area contributed by atoms with Gasteiger partial charge in [0.2, 0.25) is 0 Å². The molecule has 0 bridgehead atoms. The highest BCUT2D eigenvalue weighted by Gasteiger charge is 2.16. The third-order valence-electron chi connectivity index (χ3n) is 4.53. The molecule has 0 unspecified atom stereocenters. The van der Waals surface area contributed by atoms with Crippen LogP contribution in [0.5, 0.6) is 0 Å². The quantitative estimate of drug-likeness (QED) is 0.438. The number of hydrogen-bond acceptors (Lipinski definition) is 4. The number of fused-ring (bicyclic) bond motifs is 2. The van der Waals surface area contributed by atoms with E-state index in [0.29, 0.717) is 21.9 Å². The molecule has 5 rings (SSSR count). The van der Waals surface area contributed by atoms with Crippen molar-refractivity contribution in [2.45, 2.75) is 0 Å². The smallest absolute Gasteiger partial charge is 0.274 e. The Morgan fingerprint density at radius 3 is 2.63 bits per heavy atom. The monoisotopic (exact) mass is 376 g/mol. The van der Waals surface area contributed by atoms with Gasteiger partial charge in [0, 0.05) is 16.5 Å². The van der Waals surface area contributed by atoms with E-state index >= 15 is 0 Å². The molecule has 0 aliphatic rings. The SMILES string of the molecule is Nc1nn2c(=O)cc(-c3ccc4[nH]ncc4c3)[nH]c2c1-c1ccc(Cl)cc1. The predicted octanol–water partition coefficient (Wildman–Crippen LogP) is 3.47. The molecule has 0 aliphatic carbocycles. The van der Waals surface area contributed by atoms with Crippen molar-refractivity contribution >= 4 is 34.0 Å². The van der Waals surface area contributed by atoms with E-state index in [1.165, 1.54) is 10.6 Å². The number of rotatable bonds is 2. The highest BCUT2D eigenvalue weighted by molar-refractivity contribution is 6.30. The first-order chi connectivity index (χ1) is 13.1. The molecule has 0 spiro atoms. The number of benzene rings is 2. The van der Waals surface area contributed by atoms with Crippen LogP contribution in [0.2, 0.25) is 5.02 Å². The highest BCUT2D eigenvalue weighted by Crippen LogP contribution is 2.31. The van der Waals surface area contributed by atoms with Gasteiger partial charge in [-0.05, 0) is 35.4 Å². The van der Waals surface area contributed by atoms with E-state index in [0.717, 1.165) is 22.0 Å². The molecule has 0 atom stereocenters. The first-order valence-electron chi connectivity index (χ1n) is 8.21. The fraction of sp³-hybridized carbons (Fsp3) is 0. The zero-order chi connectivity index (χ0) is 18.5. The number of nitrogens with two attached hydrogens (primary N) is 1. The van der Waals surface area contributed by atoms with E-state index in [1.807, 2.05) is 30.3 Å². The number of anilines is 1. The average molecular weight is 377 g/mol. The maximum absolute atomic E-state index is 12.6. The number of nitrogens with one attached hydrogen (secondary N) is 2. The topological polar surface area (TPSA) is 105 Å². The number of nitrogen functional groups attached to an aromatic ring is 1. The van der Waals surface area contributed by atoms with Crippen LogP contribution in [0.15, 0.2) is 59.5 Å². The summed E-state index contributed by atoms with van der Waals surface area (Å²) in [7, 11) is 0. The van der Waals surface area contributed by atoms with Crippen molar-refractivity contribution in [1.29, 1.82) is 0 Å². The summed E-state index contributed by atoms with van der Waals surface area (Å²) in [6, 6.07) is 14.5. The number of nitrogens with zero attached hydrogens (tertiary/aromatic N) is 3. The molecule has 7 nitrogen and oxygen atoms in total. The molecule has 3 aromatic heterocycles. The van der Waals surface area contributed by atoms with Gasteiger partial charge in [0.1, 0.15) is 5.65 Å². The zero-order valence-corrected chi connectivity index (χ0v) is 14.7. The first-order valence-corrected chi connectivity index (χ1v) is 8.59. The summed E-state index contributed by atoms with van der Waals surface area (Å²) in [5.74, 6) is 0.271. The van der Waals surface area contributed by atoms with Gasteiger partial charge in [0.05, 0.1) is 23.0 Å². The van der Waals surface area contributed by atoms with Crippen molar-refractivity contribution in [3.63, 3.8) is 0 Å². The third-order valence-corrected chi connectivity index (χ3v) is 4.78. The zero-order valence-electron chi connectivity index (χ0n) is 13.9. The summed E-state index contributed by atoms with van der Waals surface area (Å²) in [5, 5.41) is 12.7. The minimum absolute atomic E-state index is 0.266. The second kappa shape index (κ2) is 5.72. The molecule has 4 N–H and O–H groups in total. The Morgan fingerprint density at radius 2 is 1.81 bits per heavy atom. The molecule has 5 aromatic rings. The van der Waals surface area contributed by atoms with Crippen molar-refractivity contribution in [2.75, 3.05) is 5.73 Å². The van der Waals surface area contributed by atoms with Gasteiger partial charge in [-0.25, -0.2) is 0 Å². The first kappa shape index (κ1) is 15.7. The van der Waals surface area contributed by atoms with Gasteiger partial charge in [-0.15, -0.1) is 5.10 Å². The summed E-state index contributed by atoms with van der Waals surface area (Å²) in [5.41, 5.74) is 10.3. The molecule has 0 amide bonds. The Hall–Kier alpha value is -3.58. The van der Waals surface area contributed by atoms with Crippen molar-refractivity contribution in [3.8, 4) is 22.4 Å². The lowest BCUT2D eigenvalue weighted by molar-refractivity contribution is 0.906. The Bertz CT molecular complexity index is 1360. The van der Waals surface area contributed by atoms with Crippen LogP contribution in [0.4, 0.5) is 5.82 Å². The summed E-state index contributed by atoms with van der Waals surface area (Å²) in [6.45, 7) is 0. The van der Waals surface area contributed by atoms with Gasteiger partial charge in [-0.1, -0.05) is 29.8 Å². The molecule has 0 saturated carbocycles. The van der Waals surface area contributed by atoms with Crippen LogP contribution in [0.25, 0.3) is 38.9 Å². The number of aromatic amines is 2. The molecule has 0 radical (unpaired) electrons. The lowest BCUT2D eigenvalue weighted by Crippen LogP contribution is -2.14. The molecule has 0 fully saturated rings. The maximum Gasteiger partial charge on any atom is 0.274 e. The molecule has 0 saturated heterocycles. The van der Waals surface area contributed by atoms with Gasteiger partial charge in [-0.2, -0.15) is 9.61 Å². The number of halogens is 1. The van der Waals surface area contributed by atoms with Crippen LogP contribution in [-0.2, 0) is 0 Å². The second-order valence-electron chi connectivity index (χ2n) is 6.22. The summed E-state index contributed by atoms with van der Waals surface area (Å²) in [4.78, 5) is 15.9. The normalized spacial score (nSPS) is 11.4. The van der Waals surface area contributed by atoms with E-state index in [9.17, 15) is 4.79 Å². The van der Waals surface area contributed by atoms with Gasteiger partial charge in [-0.3, -0.25) is 9.89 Å². The Labute approximate surface area is 157 Å². The van der Waals surface area contributed by atoms with Gasteiger partial charge in [0.15, 0.2) is 5.82 Å². The van der Waals surface area contributed by atoms with Gasteiger partial charge in [0.25, 0.3) is 5.56 Å². The number of H-pyrrole nitrogens is 2. The molecule has 132 valence electrons. The lowest BCUT2D eigenvalue weighted by atomic mass is 10.1. The number of aromatic nitrogens is 5. The van der Waals surface area contributed by atoms with Crippen molar-refractivity contribution in [1.82, 2.24) is 24.8 Å². The van der Waals surface area contributed by atoms with Crippen LogP contribution in [0.3, 0.4) is 0 Å². The maximum atomic E-state index is 12.6. The van der Waals surface area contributed by atoms with Crippen LogP contribution >= 0.6 is 11.6 Å². The lowest BCUT2D eigenvalue weighted by Gasteiger charge is -2.05. The van der Waals surface area contributed by atoms with Crippen LogP contribution in [0, 0.1) is 0 Å². The molecule has 3 heterocycles. The van der Waals surface area contributed by atoms with Crippen molar-refractivity contribution in [2.24, 2.45) is 0 Å². The molecular formula is C19H13ClN6O. The number of hydrogen-bond donors (Lipinski definition) is 3. The van der Waals surface area contributed by atoms with E-state index in [-0.39, 0.29) is 11.4 Å². The third kappa shape index (κ3) is 2.48. The predicted molar refractivity (Wildman–Crippen MR) is 106 cm³/mol. The summed E-state index contributed by atoms with van der Waals surface area (Å²) >= 11 is 5.98. The van der Waals surface area contributed by atoms with E-state index < -0.39 is 0 Å². The molecule has 8 heteroatoms. The van der Waals surface area contributed by atoms with E-state index in [2.05, 4.69) is 20.3 Å². The largest absolute Gasteiger partial charge is 0.382 e. The Morgan fingerprint density at radius 1 is 1.04 bits per heavy atom. The minimum Gasteiger partial charge on any atom is -0.382 e.